The van der Waals surface area contributed by atoms with Crippen molar-refractivity contribution in [1.29, 1.82) is 0 Å². The minimum atomic E-state index is -2.22. The van der Waals surface area contributed by atoms with Gasteiger partial charge in [-0.2, -0.15) is 0 Å². The average Bonchev–Trinajstić information content (AvgIpc) is 2.44. The van der Waals surface area contributed by atoms with Crippen LogP contribution in [0.3, 0.4) is 0 Å². The minimum Gasteiger partial charge on any atom is -0.538 e. The van der Waals surface area contributed by atoms with Crippen LogP contribution in [0.5, 0.6) is 0 Å². The van der Waals surface area contributed by atoms with Gasteiger partial charge in [0.25, 0.3) is 0 Å². The Morgan fingerprint density at radius 2 is 1.43 bits per heavy atom. The molecular formula is C16H27BNO5-. The molecule has 1 heterocycles. The molecule has 6 nitrogen and oxygen atoms in total. The van der Waals surface area contributed by atoms with Gasteiger partial charge in [0.1, 0.15) is 0 Å². The van der Waals surface area contributed by atoms with E-state index in [1.165, 1.54) is 13.3 Å². The minimum absolute atomic E-state index is 0.116. The van der Waals surface area contributed by atoms with Crippen LogP contribution in [0, 0.1) is 0 Å². The largest absolute Gasteiger partial charge is 0.538 e. The van der Waals surface area contributed by atoms with E-state index in [4.69, 9.17) is 14.0 Å². The van der Waals surface area contributed by atoms with Crippen LogP contribution in [0.2, 0.25) is 0 Å². The molecule has 130 valence electrons. The van der Waals surface area contributed by atoms with Gasteiger partial charge in [0.15, 0.2) is 0 Å². The van der Waals surface area contributed by atoms with Crippen molar-refractivity contribution < 1.29 is 23.5 Å². The van der Waals surface area contributed by atoms with E-state index in [-0.39, 0.29) is 18.3 Å². The highest BCUT2D eigenvalue weighted by Gasteiger charge is 2.36. The second kappa shape index (κ2) is 8.43. The number of rotatable bonds is 8. The molecule has 0 spiro atoms. The zero-order valence-corrected chi connectivity index (χ0v) is 15.0. The van der Waals surface area contributed by atoms with Gasteiger partial charge in [0.05, 0.1) is 12.7 Å². The molecule has 1 rings (SSSR count). The number of pyridine rings is 1. The topological polar surface area (TPSA) is 66.9 Å². The molecule has 1 aromatic heterocycles. The van der Waals surface area contributed by atoms with Crippen LogP contribution in [0.4, 0.5) is 0 Å². The van der Waals surface area contributed by atoms with Crippen LogP contribution in [-0.2, 0) is 18.7 Å². The lowest BCUT2D eigenvalue weighted by atomic mass is 9.71. The summed E-state index contributed by atoms with van der Waals surface area (Å²) in [4.78, 5) is 15.9. The molecule has 0 aromatic carbocycles. The lowest BCUT2D eigenvalue weighted by Gasteiger charge is -2.45. The maximum Gasteiger partial charge on any atom is 0.428 e. The second-order valence-electron chi connectivity index (χ2n) is 6.16. The molecule has 7 heteroatoms. The fourth-order valence-electron chi connectivity index (χ4n) is 2.23. The van der Waals surface area contributed by atoms with Gasteiger partial charge in [-0.25, -0.2) is 4.79 Å². The van der Waals surface area contributed by atoms with E-state index in [2.05, 4.69) is 9.72 Å². The second-order valence-corrected chi connectivity index (χ2v) is 6.16. The molecule has 0 bridgehead atoms. The van der Waals surface area contributed by atoms with Gasteiger partial charge < -0.3 is 18.7 Å². The highest BCUT2D eigenvalue weighted by atomic mass is 16.8. The summed E-state index contributed by atoms with van der Waals surface area (Å²) in [5, 5.41) is 0. The molecule has 0 fully saturated rings. The Morgan fingerprint density at radius 1 is 0.957 bits per heavy atom. The number of esters is 1. The first-order valence-corrected chi connectivity index (χ1v) is 7.91. The van der Waals surface area contributed by atoms with E-state index in [1.54, 1.807) is 12.1 Å². The predicted molar refractivity (Wildman–Crippen MR) is 89.6 cm³/mol. The summed E-state index contributed by atoms with van der Waals surface area (Å²) in [7, 11) is 1.33. The maximum atomic E-state index is 11.6. The van der Waals surface area contributed by atoms with Crippen molar-refractivity contribution in [2.24, 2.45) is 0 Å². The molecule has 1 aromatic rings. The van der Waals surface area contributed by atoms with Crippen molar-refractivity contribution in [2.75, 3.05) is 7.11 Å². The monoisotopic (exact) mass is 324 g/mol. The van der Waals surface area contributed by atoms with Gasteiger partial charge in [0, 0.05) is 24.5 Å². The Bertz CT molecular complexity index is 475. The van der Waals surface area contributed by atoms with Crippen molar-refractivity contribution in [2.45, 2.75) is 59.9 Å². The highest BCUT2D eigenvalue weighted by molar-refractivity contribution is 6.74. The Balaban J connectivity index is 3.26. The smallest absolute Gasteiger partial charge is 0.428 e. The van der Waals surface area contributed by atoms with Gasteiger partial charge in [-0.15, -0.1) is 0 Å². The zero-order chi connectivity index (χ0) is 17.6. The number of ether oxygens (including phenoxy) is 1. The molecule has 0 aliphatic carbocycles. The van der Waals surface area contributed by atoms with Crippen molar-refractivity contribution in [3.8, 4) is 0 Å². The van der Waals surface area contributed by atoms with Crippen molar-refractivity contribution >= 4 is 18.3 Å². The molecule has 0 saturated carbocycles. The number of carbonyl (C=O) groups is 1. The number of hydrogen-bond donors (Lipinski definition) is 0. The SMILES string of the molecule is COC(=O)c1ccc([B-](OC(C)C)(OC(C)C)OC(C)C)nc1. The molecule has 23 heavy (non-hydrogen) atoms. The van der Waals surface area contributed by atoms with E-state index in [9.17, 15) is 4.79 Å². The summed E-state index contributed by atoms with van der Waals surface area (Å²) in [6.07, 6.45) is 1.09. The normalized spacial score (nSPS) is 12.3. The Kier molecular flexibility index (Phi) is 7.18. The van der Waals surface area contributed by atoms with Crippen LogP contribution in [0.1, 0.15) is 51.9 Å². The quantitative estimate of drug-likeness (QED) is 0.540. The highest BCUT2D eigenvalue weighted by Crippen LogP contribution is 2.17. The van der Waals surface area contributed by atoms with Crippen LogP contribution >= 0.6 is 0 Å². The van der Waals surface area contributed by atoms with E-state index in [0.717, 1.165) is 0 Å². The maximum absolute atomic E-state index is 11.6. The Hall–Kier alpha value is -1.44. The third kappa shape index (κ3) is 5.60. The first-order valence-electron chi connectivity index (χ1n) is 7.91. The van der Waals surface area contributed by atoms with E-state index < -0.39 is 12.7 Å². The third-order valence-corrected chi connectivity index (χ3v) is 2.92. The van der Waals surface area contributed by atoms with Crippen molar-refractivity contribution in [3.05, 3.63) is 23.9 Å². The van der Waals surface area contributed by atoms with Crippen LogP contribution in [0.15, 0.2) is 18.3 Å². The predicted octanol–water partition coefficient (Wildman–Crippen LogP) is 2.29. The number of carbonyl (C=O) groups excluding carboxylic acids is 1. The van der Waals surface area contributed by atoms with Gasteiger partial charge in [-0.05, 0) is 53.2 Å². The lowest BCUT2D eigenvalue weighted by Crippen LogP contribution is -2.61. The zero-order valence-electron chi connectivity index (χ0n) is 15.0. The van der Waals surface area contributed by atoms with Crippen LogP contribution < -0.4 is 5.59 Å². The molecule has 0 atom stereocenters. The van der Waals surface area contributed by atoms with Gasteiger partial charge >= 0.3 is 12.7 Å². The summed E-state index contributed by atoms with van der Waals surface area (Å²) < 4.78 is 22.7. The van der Waals surface area contributed by atoms with Gasteiger partial charge in [-0.3, -0.25) is 4.98 Å². The average molecular weight is 324 g/mol. The Labute approximate surface area is 138 Å². The molecule has 0 radical (unpaired) electrons. The third-order valence-electron chi connectivity index (χ3n) is 2.92. The van der Waals surface area contributed by atoms with Crippen molar-refractivity contribution in [3.63, 3.8) is 0 Å². The summed E-state index contributed by atoms with van der Waals surface area (Å²) in [5.41, 5.74) is 0.869. The summed E-state index contributed by atoms with van der Waals surface area (Å²) in [5.74, 6) is -0.443. The van der Waals surface area contributed by atoms with Gasteiger partial charge in [-0.1, -0.05) is 6.07 Å². The molecule has 0 unspecified atom stereocenters. The molecule has 0 saturated heterocycles. The number of methoxy groups -OCH3 is 1. The van der Waals surface area contributed by atoms with Crippen molar-refractivity contribution in [1.82, 2.24) is 4.98 Å². The first kappa shape index (κ1) is 19.6. The molecular weight excluding hydrogens is 297 g/mol. The Morgan fingerprint density at radius 3 is 1.74 bits per heavy atom. The van der Waals surface area contributed by atoms with Crippen LogP contribution in [0.25, 0.3) is 0 Å². The van der Waals surface area contributed by atoms with Gasteiger partial charge in [0.2, 0.25) is 0 Å². The van der Waals surface area contributed by atoms with Crippen LogP contribution in [-0.4, -0.2) is 43.1 Å². The van der Waals surface area contributed by atoms with E-state index >= 15 is 0 Å². The molecule has 0 aliphatic heterocycles. The fourth-order valence-corrected chi connectivity index (χ4v) is 2.23. The molecule has 0 aliphatic rings. The standard InChI is InChI=1S/C16H27BNO5/c1-11(2)21-17(22-12(3)4,23-13(5)6)15-9-8-14(10-18-15)16(19)20-7/h8-13H,1-7H3/q-1. The summed E-state index contributed by atoms with van der Waals surface area (Å²) in [6.45, 7) is 9.24. The number of hydrogen-bond acceptors (Lipinski definition) is 6. The first-order chi connectivity index (χ1) is 10.7. The number of nitrogens with zero attached hydrogens (tertiary/aromatic N) is 1. The number of aromatic nitrogens is 1. The molecule has 0 amide bonds. The fraction of sp³-hybridized carbons (Fsp3) is 0.625. The summed E-state index contributed by atoms with van der Waals surface area (Å²) >= 11 is 0. The summed E-state index contributed by atoms with van der Waals surface area (Å²) in [6, 6.07) is 3.31. The van der Waals surface area contributed by atoms with E-state index in [1.807, 2.05) is 41.5 Å². The van der Waals surface area contributed by atoms with E-state index in [0.29, 0.717) is 11.2 Å². The molecule has 0 N–H and O–H groups in total. The lowest BCUT2D eigenvalue weighted by molar-refractivity contribution is 0.0146.